The van der Waals surface area contributed by atoms with Crippen LogP contribution in [0.5, 0.6) is 0 Å². The summed E-state index contributed by atoms with van der Waals surface area (Å²) in [5, 5.41) is 0. The lowest BCUT2D eigenvalue weighted by Gasteiger charge is -2.61. The van der Waals surface area contributed by atoms with Crippen LogP contribution in [0.2, 0.25) is 0 Å². The summed E-state index contributed by atoms with van der Waals surface area (Å²) < 4.78 is 71.0. The number of carbonyl (C=O) groups is 1. The second kappa shape index (κ2) is 7.80. The molecule has 7 rings (SSSR count). The van der Waals surface area contributed by atoms with E-state index in [2.05, 4.69) is 4.72 Å². The average Bonchev–Trinajstić information content (AvgIpc) is 3.44. The lowest BCUT2D eigenvalue weighted by molar-refractivity contribution is -0.179. The van der Waals surface area contributed by atoms with Gasteiger partial charge in [0, 0.05) is 23.7 Å². The molecule has 9 heteroatoms. The summed E-state index contributed by atoms with van der Waals surface area (Å²) in [5.74, 6) is -1.60. The summed E-state index contributed by atoms with van der Waals surface area (Å²) in [7, 11) is -3.54. The van der Waals surface area contributed by atoms with Crippen molar-refractivity contribution in [2.75, 3.05) is 5.75 Å². The molecule has 5 fully saturated rings. The molecular weight excluding hydrogens is 477 g/mol. The monoisotopic (exact) mass is 504 g/mol. The molecule has 2 aromatic rings. The highest BCUT2D eigenvalue weighted by atomic mass is 32.2. The van der Waals surface area contributed by atoms with E-state index in [0.717, 1.165) is 43.9 Å². The Morgan fingerprint density at radius 1 is 1.11 bits per heavy atom. The van der Waals surface area contributed by atoms with Crippen molar-refractivity contribution in [3.63, 3.8) is 0 Å². The first-order chi connectivity index (χ1) is 16.6. The van der Waals surface area contributed by atoms with Crippen molar-refractivity contribution in [1.29, 1.82) is 0 Å². The molecule has 1 aliphatic heterocycles. The van der Waals surface area contributed by atoms with Crippen LogP contribution in [0.15, 0.2) is 36.4 Å². The lowest BCUT2D eigenvalue weighted by atomic mass is 9.44. The standard InChI is InChI=1S/C26H27F3N2O3S/c1-2-35(33,34)30-24-20-10-21(20)31(25(32)26-11-14(12-26)13-26)22(24)8-15-4-3-5-19(23(15)29)16-6-17(27)9-18(28)7-16/h3-7,9,14,20-22,24,30H,2,8,10-13H2,1H3/t14?,20-,21+,22+,24+,26?/m1/s1. The largest absolute Gasteiger partial charge is 0.334 e. The number of fused-ring (bicyclic) bond motifs is 1. The first-order valence-electron chi connectivity index (χ1n) is 12.2. The highest BCUT2D eigenvalue weighted by Crippen LogP contribution is 2.66. The van der Waals surface area contributed by atoms with Crippen LogP contribution in [0.3, 0.4) is 0 Å². The normalized spacial score (nSPS) is 32.6. The number of nitrogens with zero attached hydrogens (tertiary/aromatic N) is 1. The first-order valence-corrected chi connectivity index (χ1v) is 13.8. The molecule has 1 N–H and O–H groups in total. The third-order valence-electron chi connectivity index (χ3n) is 8.50. The van der Waals surface area contributed by atoms with Crippen LogP contribution in [0.25, 0.3) is 11.1 Å². The van der Waals surface area contributed by atoms with Crippen molar-refractivity contribution >= 4 is 15.9 Å². The van der Waals surface area contributed by atoms with Gasteiger partial charge in [0.2, 0.25) is 15.9 Å². The minimum atomic E-state index is -3.54. The number of halogens is 3. The number of amides is 1. The topological polar surface area (TPSA) is 66.5 Å². The second-order valence-electron chi connectivity index (χ2n) is 10.7. The number of benzene rings is 2. The molecule has 5 nitrogen and oxygen atoms in total. The molecule has 5 aliphatic rings. The molecule has 4 aliphatic carbocycles. The quantitative estimate of drug-likeness (QED) is 0.620. The number of likely N-dealkylation sites (tertiary alicyclic amines) is 1. The number of carbonyl (C=O) groups excluding carboxylic acids is 1. The Labute approximate surface area is 202 Å². The summed E-state index contributed by atoms with van der Waals surface area (Å²) in [6, 6.07) is 6.51. The fourth-order valence-electron chi connectivity index (χ4n) is 6.50. The average molecular weight is 505 g/mol. The summed E-state index contributed by atoms with van der Waals surface area (Å²) in [4.78, 5) is 15.5. The Kier molecular flexibility index (Phi) is 5.14. The van der Waals surface area contributed by atoms with E-state index in [0.29, 0.717) is 5.92 Å². The van der Waals surface area contributed by atoms with E-state index in [9.17, 15) is 22.0 Å². The molecule has 1 amide bonds. The van der Waals surface area contributed by atoms with E-state index in [1.165, 1.54) is 6.07 Å². The van der Waals surface area contributed by atoms with Crippen LogP contribution in [0.4, 0.5) is 13.2 Å². The Balaban J connectivity index is 1.35. The van der Waals surface area contributed by atoms with Crippen molar-refractivity contribution in [2.24, 2.45) is 17.3 Å². The predicted octanol–water partition coefficient (Wildman–Crippen LogP) is 4.02. The maximum Gasteiger partial charge on any atom is 0.229 e. The predicted molar refractivity (Wildman–Crippen MR) is 124 cm³/mol. The smallest absolute Gasteiger partial charge is 0.229 e. The van der Waals surface area contributed by atoms with E-state index in [-0.39, 0.29) is 52.1 Å². The number of sulfonamides is 1. The summed E-state index contributed by atoms with van der Waals surface area (Å²) in [5.41, 5.74) is 0.108. The van der Waals surface area contributed by atoms with Crippen LogP contribution in [-0.2, 0) is 21.2 Å². The third-order valence-corrected chi connectivity index (χ3v) is 9.89. The van der Waals surface area contributed by atoms with Crippen LogP contribution in [0.1, 0.15) is 38.2 Å². The maximum absolute atomic E-state index is 15.7. The van der Waals surface area contributed by atoms with Gasteiger partial charge in [0.05, 0.1) is 17.2 Å². The number of hydrogen-bond acceptors (Lipinski definition) is 3. The van der Waals surface area contributed by atoms with Gasteiger partial charge in [0.25, 0.3) is 0 Å². The fourth-order valence-corrected chi connectivity index (χ4v) is 7.42. The van der Waals surface area contributed by atoms with Crippen molar-refractivity contribution < 1.29 is 26.4 Å². The molecule has 0 spiro atoms. The van der Waals surface area contributed by atoms with Crippen LogP contribution < -0.4 is 4.72 Å². The first kappa shape index (κ1) is 23.0. The van der Waals surface area contributed by atoms with Gasteiger partial charge in [-0.05, 0) is 74.1 Å². The van der Waals surface area contributed by atoms with Crippen molar-refractivity contribution in [1.82, 2.24) is 9.62 Å². The highest BCUT2D eigenvalue weighted by molar-refractivity contribution is 7.89. The molecule has 0 aromatic heterocycles. The maximum atomic E-state index is 15.7. The number of hydrogen-bond donors (Lipinski definition) is 1. The molecular formula is C26H27F3N2O3S. The zero-order valence-electron chi connectivity index (χ0n) is 19.3. The molecule has 2 aromatic carbocycles. The van der Waals surface area contributed by atoms with Gasteiger partial charge < -0.3 is 4.90 Å². The van der Waals surface area contributed by atoms with E-state index >= 15 is 4.39 Å². The van der Waals surface area contributed by atoms with Gasteiger partial charge in [-0.25, -0.2) is 26.3 Å². The Morgan fingerprint density at radius 3 is 2.40 bits per heavy atom. The molecule has 186 valence electrons. The Bertz CT molecular complexity index is 1290. The van der Waals surface area contributed by atoms with Gasteiger partial charge in [-0.15, -0.1) is 0 Å². The van der Waals surface area contributed by atoms with E-state index in [4.69, 9.17) is 0 Å². The number of nitrogens with one attached hydrogen (secondary N) is 1. The van der Waals surface area contributed by atoms with Gasteiger partial charge in [-0.1, -0.05) is 18.2 Å². The molecule has 2 bridgehead atoms. The zero-order chi connectivity index (χ0) is 24.7. The SMILES string of the molecule is CCS(=O)(=O)N[C@H]1[C@@H]2C[C@@H]2N(C(=O)C23CC(C2)C3)[C@H]1Cc1cccc(-c2cc(F)cc(F)c2)c1F. The number of rotatable bonds is 7. The summed E-state index contributed by atoms with van der Waals surface area (Å²) in [6.07, 6.45) is 3.50. The lowest BCUT2D eigenvalue weighted by Crippen LogP contribution is -2.63. The molecule has 0 unspecified atom stereocenters. The van der Waals surface area contributed by atoms with Crippen LogP contribution in [0, 0.1) is 34.7 Å². The van der Waals surface area contributed by atoms with Gasteiger partial charge >= 0.3 is 0 Å². The van der Waals surface area contributed by atoms with Crippen molar-refractivity contribution in [3.8, 4) is 11.1 Å². The highest BCUT2D eigenvalue weighted by Gasteiger charge is 2.68. The molecule has 0 radical (unpaired) electrons. The minimum absolute atomic E-state index is 0.0150. The molecule has 1 saturated heterocycles. The van der Waals surface area contributed by atoms with Gasteiger partial charge in [0.1, 0.15) is 17.5 Å². The second-order valence-corrected chi connectivity index (χ2v) is 12.7. The fraction of sp³-hybridized carbons (Fsp3) is 0.500. The van der Waals surface area contributed by atoms with Crippen molar-refractivity contribution in [2.45, 2.75) is 57.2 Å². The molecule has 4 atom stereocenters. The minimum Gasteiger partial charge on any atom is -0.334 e. The molecule has 35 heavy (non-hydrogen) atoms. The van der Waals surface area contributed by atoms with Crippen LogP contribution >= 0.6 is 0 Å². The van der Waals surface area contributed by atoms with Gasteiger partial charge in [-0.2, -0.15) is 0 Å². The molecule has 1 heterocycles. The Morgan fingerprint density at radius 2 is 1.80 bits per heavy atom. The molecule has 4 saturated carbocycles. The van der Waals surface area contributed by atoms with Gasteiger partial charge in [0.15, 0.2) is 0 Å². The van der Waals surface area contributed by atoms with E-state index in [1.54, 1.807) is 19.1 Å². The van der Waals surface area contributed by atoms with Gasteiger partial charge in [-0.3, -0.25) is 4.79 Å². The Hall–Kier alpha value is -2.39. The van der Waals surface area contributed by atoms with E-state index < -0.39 is 39.6 Å². The van der Waals surface area contributed by atoms with Crippen molar-refractivity contribution in [3.05, 3.63) is 59.4 Å². The van der Waals surface area contributed by atoms with E-state index in [1.807, 2.05) is 4.90 Å². The van der Waals surface area contributed by atoms with Crippen LogP contribution in [-0.4, -0.2) is 43.1 Å². The summed E-state index contributed by atoms with van der Waals surface area (Å²) >= 11 is 0. The third kappa shape index (κ3) is 3.69. The zero-order valence-corrected chi connectivity index (χ0v) is 20.1. The summed E-state index contributed by atoms with van der Waals surface area (Å²) in [6.45, 7) is 1.56. The number of piperidine rings is 1.